The van der Waals surface area contributed by atoms with Gasteiger partial charge in [-0.05, 0) is 30.7 Å². The zero-order chi connectivity index (χ0) is 16.7. The average molecular weight is 326 g/mol. The Labute approximate surface area is 140 Å². The number of fused-ring (bicyclic) bond motifs is 2. The van der Waals surface area contributed by atoms with E-state index in [0.29, 0.717) is 17.9 Å². The fraction of sp³-hybridized carbons (Fsp3) is 0.529. The van der Waals surface area contributed by atoms with Crippen molar-refractivity contribution in [3.63, 3.8) is 0 Å². The van der Waals surface area contributed by atoms with Crippen LogP contribution in [0, 0.1) is 17.2 Å². The van der Waals surface area contributed by atoms with Crippen LogP contribution in [0.1, 0.15) is 19.3 Å². The number of hydrogen-bond acceptors (Lipinski definition) is 5. The highest BCUT2D eigenvalue weighted by atomic mass is 16.2. The summed E-state index contributed by atoms with van der Waals surface area (Å²) in [5, 5.41) is 8.15. The van der Waals surface area contributed by atoms with Gasteiger partial charge in [-0.1, -0.05) is 0 Å². The van der Waals surface area contributed by atoms with E-state index in [9.17, 15) is 4.79 Å². The molecule has 1 amide bonds. The lowest BCUT2D eigenvalue weighted by Crippen LogP contribution is -2.34. The Morgan fingerprint density at radius 1 is 1.42 bits per heavy atom. The Hall–Kier alpha value is -2.44. The Morgan fingerprint density at radius 2 is 2.17 bits per heavy atom. The maximum atomic E-state index is 12.0. The molecule has 0 bridgehead atoms. The molecule has 0 radical (unpaired) electrons. The van der Waals surface area contributed by atoms with Crippen molar-refractivity contribution >= 4 is 29.0 Å². The van der Waals surface area contributed by atoms with Crippen molar-refractivity contribution in [3.8, 4) is 0 Å². The van der Waals surface area contributed by atoms with Crippen LogP contribution in [-0.4, -0.2) is 58.2 Å². The van der Waals surface area contributed by atoms with Crippen molar-refractivity contribution in [2.24, 2.45) is 11.8 Å². The van der Waals surface area contributed by atoms with Crippen LogP contribution in [-0.2, 0) is 4.79 Å². The second-order valence-corrected chi connectivity index (χ2v) is 6.90. The molecule has 2 aromatic heterocycles. The van der Waals surface area contributed by atoms with Crippen LogP contribution in [0.25, 0.3) is 11.0 Å². The molecule has 7 nitrogen and oxygen atoms in total. The monoisotopic (exact) mass is 326 g/mol. The number of H-pyrrole nitrogens is 1. The van der Waals surface area contributed by atoms with Crippen LogP contribution in [0.3, 0.4) is 0 Å². The Bertz CT molecular complexity index is 757. The minimum atomic E-state index is 0.0918. The standard InChI is InChI=1S/C17H22N6O/c1-22(17-14-3-5-19-16(14)20-10-21-17)13-6-11-8-23(9-12(11)7-13)15(24)2-4-18/h3-5,10-13,18H,2,6-9H2,1H3,(H,19,20,21)/t11-,12+,13?. The highest BCUT2D eigenvalue weighted by Crippen LogP contribution is 2.41. The summed E-state index contributed by atoms with van der Waals surface area (Å²) in [4.78, 5) is 28.1. The fourth-order valence-corrected chi connectivity index (χ4v) is 4.32. The molecule has 0 spiro atoms. The first kappa shape index (κ1) is 15.1. The highest BCUT2D eigenvalue weighted by molar-refractivity contribution is 5.89. The SMILES string of the molecule is CN(c1ncnc2[nH]ccc12)C1C[C@@H]2CN(C(=O)CC=N)C[C@@H]2C1. The number of aromatic nitrogens is 3. The van der Waals surface area contributed by atoms with E-state index >= 15 is 0 Å². The predicted octanol–water partition coefficient (Wildman–Crippen LogP) is 1.67. The van der Waals surface area contributed by atoms with Crippen LogP contribution < -0.4 is 4.90 Å². The lowest BCUT2D eigenvalue weighted by atomic mass is 10.0. The van der Waals surface area contributed by atoms with Crippen LogP contribution in [0.5, 0.6) is 0 Å². The van der Waals surface area contributed by atoms with Gasteiger partial charge in [0, 0.05) is 38.6 Å². The number of nitrogens with one attached hydrogen (secondary N) is 2. The molecule has 2 N–H and O–H groups in total. The number of likely N-dealkylation sites (tertiary alicyclic amines) is 1. The van der Waals surface area contributed by atoms with Crippen molar-refractivity contribution in [2.75, 3.05) is 25.0 Å². The molecular weight excluding hydrogens is 304 g/mol. The number of carbonyl (C=O) groups excluding carboxylic acids is 1. The first-order chi connectivity index (χ1) is 11.7. The number of anilines is 1. The molecule has 2 aromatic rings. The third kappa shape index (κ3) is 2.44. The molecule has 126 valence electrons. The third-order valence-corrected chi connectivity index (χ3v) is 5.57. The topological polar surface area (TPSA) is 89.0 Å². The summed E-state index contributed by atoms with van der Waals surface area (Å²) >= 11 is 0. The zero-order valence-electron chi connectivity index (χ0n) is 13.8. The van der Waals surface area contributed by atoms with Gasteiger partial charge >= 0.3 is 0 Å². The normalized spacial score (nSPS) is 25.9. The van der Waals surface area contributed by atoms with E-state index in [1.165, 1.54) is 6.21 Å². The van der Waals surface area contributed by atoms with E-state index in [1.807, 2.05) is 17.2 Å². The lowest BCUT2D eigenvalue weighted by molar-refractivity contribution is -0.129. The van der Waals surface area contributed by atoms with Gasteiger partial charge in [-0.15, -0.1) is 0 Å². The maximum absolute atomic E-state index is 12.0. The molecule has 1 saturated heterocycles. The molecule has 1 aliphatic heterocycles. The molecule has 24 heavy (non-hydrogen) atoms. The second kappa shape index (κ2) is 5.89. The summed E-state index contributed by atoms with van der Waals surface area (Å²) in [5.74, 6) is 2.20. The minimum absolute atomic E-state index is 0.0918. The quantitative estimate of drug-likeness (QED) is 0.837. The Morgan fingerprint density at radius 3 is 2.88 bits per heavy atom. The Balaban J connectivity index is 1.46. The fourth-order valence-electron chi connectivity index (χ4n) is 4.32. The molecular formula is C17H22N6O. The zero-order valence-corrected chi connectivity index (χ0v) is 13.8. The smallest absolute Gasteiger partial charge is 0.227 e. The molecule has 1 saturated carbocycles. The summed E-state index contributed by atoms with van der Waals surface area (Å²) in [7, 11) is 2.11. The minimum Gasteiger partial charge on any atom is -0.356 e. The predicted molar refractivity (Wildman–Crippen MR) is 92.3 cm³/mol. The van der Waals surface area contributed by atoms with Gasteiger partial charge in [0.25, 0.3) is 0 Å². The third-order valence-electron chi connectivity index (χ3n) is 5.57. The van der Waals surface area contributed by atoms with E-state index in [0.717, 1.165) is 42.8 Å². The molecule has 1 aliphatic carbocycles. The van der Waals surface area contributed by atoms with Crippen LogP contribution in [0.2, 0.25) is 0 Å². The first-order valence-electron chi connectivity index (χ1n) is 8.45. The molecule has 7 heteroatoms. The number of hydrogen-bond donors (Lipinski definition) is 2. The summed E-state index contributed by atoms with van der Waals surface area (Å²) in [5.41, 5.74) is 0.869. The summed E-state index contributed by atoms with van der Waals surface area (Å²) in [6.07, 6.45) is 7.11. The van der Waals surface area contributed by atoms with Crippen molar-refractivity contribution in [3.05, 3.63) is 18.6 Å². The molecule has 0 aromatic carbocycles. The summed E-state index contributed by atoms with van der Waals surface area (Å²) in [6.45, 7) is 1.68. The van der Waals surface area contributed by atoms with E-state index in [-0.39, 0.29) is 12.3 Å². The van der Waals surface area contributed by atoms with Crippen molar-refractivity contribution in [2.45, 2.75) is 25.3 Å². The Kier molecular flexibility index (Phi) is 3.70. The second-order valence-electron chi connectivity index (χ2n) is 6.90. The molecule has 3 atom stereocenters. The van der Waals surface area contributed by atoms with Crippen molar-refractivity contribution in [1.29, 1.82) is 5.41 Å². The first-order valence-corrected chi connectivity index (χ1v) is 8.45. The van der Waals surface area contributed by atoms with Crippen molar-refractivity contribution in [1.82, 2.24) is 19.9 Å². The van der Waals surface area contributed by atoms with Gasteiger partial charge in [-0.25, -0.2) is 9.97 Å². The van der Waals surface area contributed by atoms with E-state index < -0.39 is 0 Å². The number of carbonyl (C=O) groups is 1. The van der Waals surface area contributed by atoms with Gasteiger partial charge in [0.15, 0.2) is 0 Å². The number of nitrogens with zero attached hydrogens (tertiary/aromatic N) is 4. The molecule has 4 rings (SSSR count). The van der Waals surface area contributed by atoms with Gasteiger partial charge in [-0.2, -0.15) is 0 Å². The van der Waals surface area contributed by atoms with Gasteiger partial charge in [-0.3, -0.25) is 4.79 Å². The van der Waals surface area contributed by atoms with E-state index in [1.54, 1.807) is 6.33 Å². The number of amides is 1. The molecule has 2 aliphatic rings. The van der Waals surface area contributed by atoms with Gasteiger partial charge in [0.1, 0.15) is 17.8 Å². The lowest BCUT2D eigenvalue weighted by Gasteiger charge is -2.27. The summed E-state index contributed by atoms with van der Waals surface area (Å²) in [6, 6.07) is 2.47. The molecule has 2 fully saturated rings. The van der Waals surface area contributed by atoms with Gasteiger partial charge in [0.2, 0.25) is 5.91 Å². The number of rotatable bonds is 4. The van der Waals surface area contributed by atoms with Gasteiger partial charge < -0.3 is 20.2 Å². The number of aromatic amines is 1. The molecule has 3 heterocycles. The molecule has 1 unspecified atom stereocenters. The van der Waals surface area contributed by atoms with Crippen LogP contribution in [0.15, 0.2) is 18.6 Å². The summed E-state index contributed by atoms with van der Waals surface area (Å²) < 4.78 is 0. The largest absolute Gasteiger partial charge is 0.356 e. The average Bonchev–Trinajstić information content (AvgIpc) is 3.27. The van der Waals surface area contributed by atoms with Crippen LogP contribution in [0.4, 0.5) is 5.82 Å². The maximum Gasteiger partial charge on any atom is 0.227 e. The van der Waals surface area contributed by atoms with Crippen molar-refractivity contribution < 1.29 is 4.79 Å². The van der Waals surface area contributed by atoms with Gasteiger partial charge in [0.05, 0.1) is 11.8 Å². The highest BCUT2D eigenvalue weighted by Gasteiger charge is 2.43. The van der Waals surface area contributed by atoms with Crippen LogP contribution >= 0.6 is 0 Å². The van der Waals surface area contributed by atoms with E-state index in [4.69, 9.17) is 5.41 Å². The van der Waals surface area contributed by atoms with E-state index in [2.05, 4.69) is 26.9 Å².